The lowest BCUT2D eigenvalue weighted by Crippen LogP contribution is -2.19. The summed E-state index contributed by atoms with van der Waals surface area (Å²) in [5, 5.41) is 12.7. The van der Waals surface area contributed by atoms with Crippen LogP contribution in [-0.4, -0.2) is 19.7 Å². The van der Waals surface area contributed by atoms with Crippen molar-refractivity contribution >= 4 is 16.9 Å². The van der Waals surface area contributed by atoms with Crippen LogP contribution in [0.5, 0.6) is 0 Å². The SMILES string of the molecule is N#Cc1cnn(-c2nc3ccccc3[nH]c2=O)c1N. The van der Waals surface area contributed by atoms with E-state index in [9.17, 15) is 4.79 Å². The molecule has 0 atom stereocenters. The van der Waals surface area contributed by atoms with Crippen molar-refractivity contribution in [1.82, 2.24) is 19.7 Å². The quantitative estimate of drug-likeness (QED) is 0.657. The molecule has 3 rings (SSSR count). The van der Waals surface area contributed by atoms with Crippen LogP contribution < -0.4 is 11.3 Å². The molecule has 0 aliphatic carbocycles. The average molecular weight is 252 g/mol. The summed E-state index contributed by atoms with van der Waals surface area (Å²) < 4.78 is 1.16. The summed E-state index contributed by atoms with van der Waals surface area (Å²) in [6.45, 7) is 0. The first-order valence-corrected chi connectivity index (χ1v) is 5.44. The van der Waals surface area contributed by atoms with Crippen LogP contribution in [0.1, 0.15) is 5.56 Å². The van der Waals surface area contributed by atoms with Gasteiger partial charge in [0.05, 0.1) is 17.2 Å². The van der Waals surface area contributed by atoms with Crippen molar-refractivity contribution in [2.45, 2.75) is 0 Å². The molecule has 0 radical (unpaired) electrons. The number of nitrogen functional groups attached to an aromatic ring is 1. The number of nitrogens with one attached hydrogen (secondary N) is 1. The molecule has 0 unspecified atom stereocenters. The molecular weight excluding hydrogens is 244 g/mol. The molecule has 2 aromatic heterocycles. The molecule has 3 aromatic rings. The molecule has 0 saturated heterocycles. The molecule has 0 amide bonds. The predicted molar refractivity (Wildman–Crippen MR) is 68.6 cm³/mol. The molecule has 0 bridgehead atoms. The number of nitrogens with zero attached hydrogens (tertiary/aromatic N) is 4. The Morgan fingerprint density at radius 1 is 1.37 bits per heavy atom. The van der Waals surface area contributed by atoms with E-state index < -0.39 is 5.56 Å². The summed E-state index contributed by atoms with van der Waals surface area (Å²) in [5.41, 5.74) is 6.77. The summed E-state index contributed by atoms with van der Waals surface area (Å²) in [6, 6.07) is 9.02. The average Bonchev–Trinajstić information content (AvgIpc) is 2.79. The van der Waals surface area contributed by atoms with Gasteiger partial charge in [-0.05, 0) is 12.1 Å². The van der Waals surface area contributed by atoms with Gasteiger partial charge in [0.2, 0.25) is 5.82 Å². The normalized spacial score (nSPS) is 10.5. The number of aromatic amines is 1. The largest absolute Gasteiger partial charge is 0.382 e. The Morgan fingerprint density at radius 2 is 2.16 bits per heavy atom. The van der Waals surface area contributed by atoms with Crippen LogP contribution in [0.2, 0.25) is 0 Å². The first-order chi connectivity index (χ1) is 9.20. The number of fused-ring (bicyclic) bond motifs is 1. The van der Waals surface area contributed by atoms with Crippen molar-refractivity contribution in [2.75, 3.05) is 5.73 Å². The first-order valence-electron chi connectivity index (χ1n) is 5.44. The van der Waals surface area contributed by atoms with Crippen molar-refractivity contribution in [2.24, 2.45) is 0 Å². The van der Waals surface area contributed by atoms with Crippen LogP contribution in [0.3, 0.4) is 0 Å². The van der Waals surface area contributed by atoms with Gasteiger partial charge in [-0.25, -0.2) is 4.98 Å². The van der Waals surface area contributed by atoms with E-state index in [0.29, 0.717) is 11.0 Å². The second kappa shape index (κ2) is 3.96. The maximum atomic E-state index is 12.0. The van der Waals surface area contributed by atoms with Gasteiger partial charge in [0.25, 0.3) is 5.56 Å². The lowest BCUT2D eigenvalue weighted by atomic mass is 10.3. The smallest absolute Gasteiger partial charge is 0.293 e. The summed E-state index contributed by atoms with van der Waals surface area (Å²) in [7, 11) is 0. The lowest BCUT2D eigenvalue weighted by Gasteiger charge is -2.03. The van der Waals surface area contributed by atoms with Gasteiger partial charge in [0.15, 0.2) is 0 Å². The van der Waals surface area contributed by atoms with Gasteiger partial charge in [-0.1, -0.05) is 12.1 Å². The van der Waals surface area contributed by atoms with Gasteiger partial charge in [-0.15, -0.1) is 0 Å². The summed E-state index contributed by atoms with van der Waals surface area (Å²) in [6.07, 6.45) is 1.30. The van der Waals surface area contributed by atoms with Crippen LogP contribution in [0.25, 0.3) is 16.9 Å². The van der Waals surface area contributed by atoms with E-state index in [0.717, 1.165) is 4.68 Å². The number of anilines is 1. The number of nitrogens with two attached hydrogens (primary N) is 1. The summed E-state index contributed by atoms with van der Waals surface area (Å²) in [5.74, 6) is 0.133. The van der Waals surface area contributed by atoms with E-state index >= 15 is 0 Å². The zero-order valence-corrected chi connectivity index (χ0v) is 9.66. The predicted octanol–water partition coefficient (Wildman–Crippen LogP) is 0.563. The Morgan fingerprint density at radius 3 is 2.89 bits per heavy atom. The minimum Gasteiger partial charge on any atom is -0.382 e. The first kappa shape index (κ1) is 11.0. The van der Waals surface area contributed by atoms with Crippen molar-refractivity contribution in [3.05, 3.63) is 46.4 Å². The van der Waals surface area contributed by atoms with Gasteiger partial charge in [-0.2, -0.15) is 15.0 Å². The van der Waals surface area contributed by atoms with Crippen molar-refractivity contribution < 1.29 is 0 Å². The van der Waals surface area contributed by atoms with E-state index in [-0.39, 0.29) is 17.2 Å². The molecule has 7 heteroatoms. The Bertz CT molecular complexity index is 870. The van der Waals surface area contributed by atoms with Crippen LogP contribution in [0, 0.1) is 11.3 Å². The molecule has 7 nitrogen and oxygen atoms in total. The maximum absolute atomic E-state index is 12.0. The van der Waals surface area contributed by atoms with E-state index in [2.05, 4.69) is 15.1 Å². The molecule has 2 heterocycles. The molecule has 0 aliphatic rings. The zero-order chi connectivity index (χ0) is 13.4. The zero-order valence-electron chi connectivity index (χ0n) is 9.66. The van der Waals surface area contributed by atoms with E-state index in [1.807, 2.05) is 12.1 Å². The Labute approximate surface area is 106 Å². The number of aromatic nitrogens is 4. The Hall–Kier alpha value is -3.14. The van der Waals surface area contributed by atoms with Crippen LogP contribution in [-0.2, 0) is 0 Å². The minimum atomic E-state index is -0.419. The molecule has 0 fully saturated rings. The van der Waals surface area contributed by atoms with Gasteiger partial charge in [-0.3, -0.25) is 4.79 Å². The Balaban J connectivity index is 2.31. The molecule has 19 heavy (non-hydrogen) atoms. The molecule has 92 valence electrons. The van der Waals surface area contributed by atoms with Crippen molar-refractivity contribution in [3.63, 3.8) is 0 Å². The topological polar surface area (TPSA) is 113 Å². The van der Waals surface area contributed by atoms with Crippen LogP contribution >= 0.6 is 0 Å². The van der Waals surface area contributed by atoms with Gasteiger partial charge < -0.3 is 10.7 Å². The lowest BCUT2D eigenvalue weighted by molar-refractivity contribution is 0.844. The van der Waals surface area contributed by atoms with Crippen LogP contribution in [0.15, 0.2) is 35.3 Å². The summed E-state index contributed by atoms with van der Waals surface area (Å²) >= 11 is 0. The second-order valence-corrected chi connectivity index (χ2v) is 3.87. The highest BCUT2D eigenvalue weighted by molar-refractivity contribution is 5.74. The maximum Gasteiger partial charge on any atom is 0.293 e. The van der Waals surface area contributed by atoms with Gasteiger partial charge in [0.1, 0.15) is 17.5 Å². The van der Waals surface area contributed by atoms with Crippen molar-refractivity contribution in [3.8, 4) is 11.9 Å². The fourth-order valence-electron chi connectivity index (χ4n) is 1.78. The molecule has 1 aromatic carbocycles. The van der Waals surface area contributed by atoms with Crippen molar-refractivity contribution in [1.29, 1.82) is 5.26 Å². The fraction of sp³-hybridized carbons (Fsp3) is 0. The highest BCUT2D eigenvalue weighted by atomic mass is 16.1. The third-order valence-corrected chi connectivity index (χ3v) is 2.71. The number of nitriles is 1. The number of rotatable bonds is 1. The standard InChI is InChI=1S/C12H8N6O/c13-5-7-6-15-18(10(7)14)11-12(19)17-9-4-2-1-3-8(9)16-11/h1-4,6H,14H2,(H,17,19). The fourth-order valence-corrected chi connectivity index (χ4v) is 1.78. The van der Waals surface area contributed by atoms with E-state index in [1.54, 1.807) is 18.2 Å². The third kappa shape index (κ3) is 1.63. The number of hydrogen-bond donors (Lipinski definition) is 2. The molecule has 0 saturated carbocycles. The number of para-hydroxylation sites is 2. The van der Waals surface area contributed by atoms with E-state index in [1.165, 1.54) is 6.20 Å². The van der Waals surface area contributed by atoms with Gasteiger partial charge in [0, 0.05) is 0 Å². The minimum absolute atomic E-state index is 0.0395. The summed E-state index contributed by atoms with van der Waals surface area (Å²) in [4.78, 5) is 18.9. The number of hydrogen-bond acceptors (Lipinski definition) is 5. The highest BCUT2D eigenvalue weighted by Gasteiger charge is 2.13. The highest BCUT2D eigenvalue weighted by Crippen LogP contribution is 2.14. The molecule has 3 N–H and O–H groups in total. The Kier molecular flexibility index (Phi) is 2.29. The number of benzene rings is 1. The monoisotopic (exact) mass is 252 g/mol. The van der Waals surface area contributed by atoms with Crippen LogP contribution in [0.4, 0.5) is 5.82 Å². The number of H-pyrrole nitrogens is 1. The van der Waals surface area contributed by atoms with E-state index in [4.69, 9.17) is 11.0 Å². The molecule has 0 aliphatic heterocycles. The third-order valence-electron chi connectivity index (χ3n) is 2.71. The second-order valence-electron chi connectivity index (χ2n) is 3.87. The molecular formula is C12H8N6O. The van der Waals surface area contributed by atoms with Gasteiger partial charge >= 0.3 is 0 Å². The molecule has 0 spiro atoms.